The molecule has 1 aliphatic carbocycles. The van der Waals surface area contributed by atoms with Gasteiger partial charge in [-0.05, 0) is 63.1 Å². The average molecular weight is 492 g/mol. The quantitative estimate of drug-likeness (QED) is 0.530. The van der Waals surface area contributed by atoms with E-state index in [9.17, 15) is 19.8 Å². The van der Waals surface area contributed by atoms with Crippen LogP contribution < -0.4 is 4.90 Å². The van der Waals surface area contributed by atoms with Crippen LogP contribution in [-0.4, -0.2) is 51.1 Å². The molecular formula is C28H33N3O5. The SMILES string of the molecule is COC(=O)N1c2ccc3c(nc(C[C@@H](C(=O)O)c4ccccc4)n3[C@@H]3CCC[C@H](O)C3)c2CC[C@@H]1C. The first-order valence-electron chi connectivity index (χ1n) is 12.7. The number of aryl methyl sites for hydroxylation is 1. The molecule has 2 N–H and O–H groups in total. The van der Waals surface area contributed by atoms with Crippen molar-refractivity contribution in [2.75, 3.05) is 12.0 Å². The molecule has 1 aromatic heterocycles. The molecule has 5 rings (SSSR count). The lowest BCUT2D eigenvalue weighted by Gasteiger charge is -2.34. The highest BCUT2D eigenvalue weighted by molar-refractivity contribution is 5.95. The number of aromatic nitrogens is 2. The molecule has 0 radical (unpaired) electrons. The van der Waals surface area contributed by atoms with Gasteiger partial charge < -0.3 is 19.5 Å². The molecule has 0 saturated heterocycles. The fraction of sp³-hybridized carbons (Fsp3) is 0.464. The first kappa shape index (κ1) is 24.3. The monoisotopic (exact) mass is 491 g/mol. The largest absolute Gasteiger partial charge is 0.481 e. The Morgan fingerprint density at radius 2 is 1.92 bits per heavy atom. The molecule has 1 aliphatic heterocycles. The van der Waals surface area contributed by atoms with Gasteiger partial charge in [-0.1, -0.05) is 30.3 Å². The summed E-state index contributed by atoms with van der Waals surface area (Å²) in [6.45, 7) is 2.01. The molecule has 2 aromatic carbocycles. The van der Waals surface area contributed by atoms with E-state index >= 15 is 0 Å². The smallest absolute Gasteiger partial charge is 0.414 e. The van der Waals surface area contributed by atoms with Crippen LogP contribution in [0.5, 0.6) is 0 Å². The number of ether oxygens (including phenoxy) is 1. The Labute approximate surface area is 210 Å². The first-order chi connectivity index (χ1) is 17.4. The fourth-order valence-corrected chi connectivity index (χ4v) is 5.96. The number of carbonyl (C=O) groups excluding carboxylic acids is 1. The lowest BCUT2D eigenvalue weighted by molar-refractivity contribution is -0.138. The number of fused-ring (bicyclic) bond motifs is 3. The summed E-state index contributed by atoms with van der Waals surface area (Å²) in [5.74, 6) is -0.925. The van der Waals surface area contributed by atoms with Crippen LogP contribution in [0.25, 0.3) is 11.0 Å². The van der Waals surface area contributed by atoms with Gasteiger partial charge in [-0.25, -0.2) is 9.78 Å². The van der Waals surface area contributed by atoms with E-state index in [1.54, 1.807) is 4.90 Å². The third-order valence-corrected chi connectivity index (χ3v) is 7.77. The number of rotatable bonds is 5. The van der Waals surface area contributed by atoms with Crippen LogP contribution in [0.3, 0.4) is 0 Å². The number of nitrogens with zero attached hydrogens (tertiary/aromatic N) is 3. The Kier molecular flexibility index (Phi) is 6.71. The van der Waals surface area contributed by atoms with Gasteiger partial charge in [0, 0.05) is 24.1 Å². The second-order valence-corrected chi connectivity index (χ2v) is 10.0. The molecule has 4 atom stereocenters. The maximum Gasteiger partial charge on any atom is 0.414 e. The summed E-state index contributed by atoms with van der Waals surface area (Å²) in [6, 6.07) is 13.2. The minimum absolute atomic E-state index is 0.00641. The summed E-state index contributed by atoms with van der Waals surface area (Å²) in [7, 11) is 1.39. The molecule has 1 saturated carbocycles. The molecule has 8 heteroatoms. The zero-order valence-electron chi connectivity index (χ0n) is 20.8. The van der Waals surface area contributed by atoms with Crippen molar-refractivity contribution in [3.63, 3.8) is 0 Å². The van der Waals surface area contributed by atoms with Gasteiger partial charge in [-0.3, -0.25) is 9.69 Å². The Hall–Kier alpha value is -3.39. The predicted octanol–water partition coefficient (Wildman–Crippen LogP) is 4.83. The summed E-state index contributed by atoms with van der Waals surface area (Å²) in [6.07, 6.45) is 4.22. The number of hydrogen-bond acceptors (Lipinski definition) is 5. The van der Waals surface area contributed by atoms with Crippen molar-refractivity contribution < 1.29 is 24.5 Å². The maximum atomic E-state index is 12.6. The summed E-state index contributed by atoms with van der Waals surface area (Å²) < 4.78 is 7.23. The van der Waals surface area contributed by atoms with Gasteiger partial charge in [0.15, 0.2) is 0 Å². The van der Waals surface area contributed by atoms with Crippen LogP contribution >= 0.6 is 0 Å². The summed E-state index contributed by atoms with van der Waals surface area (Å²) in [5.41, 5.74) is 4.25. The topological polar surface area (TPSA) is 105 Å². The van der Waals surface area contributed by atoms with E-state index in [2.05, 4.69) is 4.57 Å². The molecule has 190 valence electrons. The lowest BCUT2D eigenvalue weighted by atomic mass is 9.91. The van der Waals surface area contributed by atoms with Crippen molar-refractivity contribution >= 4 is 28.8 Å². The molecule has 0 unspecified atom stereocenters. The minimum atomic E-state index is -0.892. The van der Waals surface area contributed by atoms with Crippen molar-refractivity contribution in [1.29, 1.82) is 0 Å². The molecule has 1 amide bonds. The van der Waals surface area contributed by atoms with Crippen molar-refractivity contribution in [2.24, 2.45) is 0 Å². The number of amides is 1. The zero-order valence-corrected chi connectivity index (χ0v) is 20.8. The number of hydrogen-bond donors (Lipinski definition) is 2. The highest BCUT2D eigenvalue weighted by Crippen LogP contribution is 2.40. The summed E-state index contributed by atoms with van der Waals surface area (Å²) >= 11 is 0. The number of aliphatic hydroxyl groups excluding tert-OH is 1. The Bertz CT molecular complexity index is 1270. The number of benzene rings is 2. The van der Waals surface area contributed by atoms with Crippen LogP contribution in [0.1, 0.15) is 67.9 Å². The van der Waals surface area contributed by atoms with Crippen molar-refractivity contribution in [3.05, 3.63) is 59.4 Å². The highest BCUT2D eigenvalue weighted by Gasteiger charge is 2.34. The standard InChI is InChI=1S/C28H33N3O5/c1-17-11-12-21-23(30(17)28(35)36-2)13-14-24-26(21)29-25(31(24)19-9-6-10-20(32)15-19)16-22(27(33)34)18-7-4-3-5-8-18/h3-5,7-8,13-14,17,19-20,22,32H,6,9-12,15-16H2,1-2H3,(H,33,34)/t17-,19+,20-,22+/m0/s1. The number of carboxylic acids is 1. The second-order valence-electron chi connectivity index (χ2n) is 10.0. The summed E-state index contributed by atoms with van der Waals surface area (Å²) in [5, 5.41) is 20.6. The van der Waals surface area contributed by atoms with Crippen LogP contribution in [0.2, 0.25) is 0 Å². The van der Waals surface area contributed by atoms with Gasteiger partial charge in [0.2, 0.25) is 0 Å². The first-order valence-corrected chi connectivity index (χ1v) is 12.7. The Morgan fingerprint density at radius 3 is 2.61 bits per heavy atom. The molecule has 2 aliphatic rings. The van der Waals surface area contributed by atoms with Gasteiger partial charge in [0.05, 0.1) is 35.9 Å². The van der Waals surface area contributed by atoms with Crippen LogP contribution in [-0.2, 0) is 22.4 Å². The minimum Gasteiger partial charge on any atom is -0.481 e. The van der Waals surface area contributed by atoms with Crippen molar-refractivity contribution in [2.45, 2.75) is 76.0 Å². The number of methoxy groups -OCH3 is 1. The Balaban J connectivity index is 1.66. The number of imidazole rings is 1. The summed E-state index contributed by atoms with van der Waals surface area (Å²) in [4.78, 5) is 31.7. The molecule has 8 nitrogen and oxygen atoms in total. The van der Waals surface area contributed by atoms with Crippen molar-refractivity contribution in [1.82, 2.24) is 9.55 Å². The van der Waals surface area contributed by atoms with Crippen LogP contribution in [0.15, 0.2) is 42.5 Å². The van der Waals surface area contributed by atoms with E-state index in [1.807, 2.05) is 49.4 Å². The number of anilines is 1. The van der Waals surface area contributed by atoms with E-state index in [4.69, 9.17) is 9.72 Å². The second kappa shape index (κ2) is 9.93. The van der Waals surface area contributed by atoms with Crippen LogP contribution in [0, 0.1) is 0 Å². The van der Waals surface area contributed by atoms with Gasteiger partial charge in [0.1, 0.15) is 5.82 Å². The van der Waals surface area contributed by atoms with E-state index < -0.39 is 18.0 Å². The Morgan fingerprint density at radius 1 is 1.14 bits per heavy atom. The highest BCUT2D eigenvalue weighted by atomic mass is 16.5. The molecule has 3 aromatic rings. The third kappa shape index (κ3) is 4.34. The third-order valence-electron chi connectivity index (χ3n) is 7.77. The van der Waals surface area contributed by atoms with E-state index in [1.165, 1.54) is 7.11 Å². The zero-order chi connectivity index (χ0) is 25.4. The lowest BCUT2D eigenvalue weighted by Crippen LogP contribution is -2.42. The van der Waals surface area contributed by atoms with Gasteiger partial charge in [0.25, 0.3) is 0 Å². The number of carboxylic acid groups (broad SMARTS) is 1. The average Bonchev–Trinajstić information content (AvgIpc) is 3.25. The van der Waals surface area contributed by atoms with E-state index in [-0.39, 0.29) is 24.6 Å². The number of aliphatic carboxylic acids is 1. The predicted molar refractivity (Wildman–Crippen MR) is 136 cm³/mol. The van der Waals surface area contributed by atoms with E-state index in [0.717, 1.165) is 60.0 Å². The van der Waals surface area contributed by atoms with Gasteiger partial charge >= 0.3 is 12.1 Å². The number of aliphatic hydroxyl groups is 1. The van der Waals surface area contributed by atoms with Crippen molar-refractivity contribution in [3.8, 4) is 0 Å². The van der Waals surface area contributed by atoms with Gasteiger partial charge in [-0.2, -0.15) is 0 Å². The normalized spacial score (nSPS) is 22.8. The van der Waals surface area contributed by atoms with Crippen LogP contribution in [0.4, 0.5) is 10.5 Å². The van der Waals surface area contributed by atoms with E-state index in [0.29, 0.717) is 12.2 Å². The molecule has 2 heterocycles. The molecular weight excluding hydrogens is 458 g/mol. The number of carbonyl (C=O) groups is 2. The molecule has 0 bridgehead atoms. The van der Waals surface area contributed by atoms with Gasteiger partial charge in [-0.15, -0.1) is 0 Å². The molecule has 0 spiro atoms. The fourth-order valence-electron chi connectivity index (χ4n) is 5.96. The molecule has 1 fully saturated rings. The molecule has 36 heavy (non-hydrogen) atoms. The maximum absolute atomic E-state index is 12.6.